The van der Waals surface area contributed by atoms with Gasteiger partial charge in [0.25, 0.3) is 0 Å². The van der Waals surface area contributed by atoms with E-state index in [9.17, 15) is 14.3 Å². The summed E-state index contributed by atoms with van der Waals surface area (Å²) in [5.41, 5.74) is 1.17. The summed E-state index contributed by atoms with van der Waals surface area (Å²) in [6.45, 7) is 10.8. The highest BCUT2D eigenvalue weighted by Gasteiger charge is 2.19. The van der Waals surface area contributed by atoms with Gasteiger partial charge in [0.15, 0.2) is 11.6 Å². The van der Waals surface area contributed by atoms with Crippen LogP contribution in [-0.4, -0.2) is 24.5 Å². The molecule has 0 aliphatic heterocycles. The maximum absolute atomic E-state index is 14.3. The Morgan fingerprint density at radius 3 is 2.55 bits per heavy atom. The van der Waals surface area contributed by atoms with E-state index in [0.717, 1.165) is 0 Å². The van der Waals surface area contributed by atoms with Crippen molar-refractivity contribution in [1.29, 1.82) is 0 Å². The number of phenolic OH excluding ortho intramolecular Hbond substituents is 1. The summed E-state index contributed by atoms with van der Waals surface area (Å²) in [7, 11) is 0. The lowest BCUT2D eigenvalue weighted by molar-refractivity contribution is -0.110. The number of carbonyl (C=O) groups excluding carboxylic acids is 1. The molecular formula is C16H23FN2O2S. The molecular weight excluding hydrogens is 303 g/mol. The number of amides is 1. The topological polar surface area (TPSA) is 61.7 Å². The Hall–Kier alpha value is -1.82. The average molecular weight is 326 g/mol. The monoisotopic (exact) mass is 326 g/mol. The van der Waals surface area contributed by atoms with Crippen LogP contribution in [0.3, 0.4) is 0 Å². The molecule has 1 atom stereocenters. The molecule has 0 radical (unpaired) electrons. The molecule has 0 saturated heterocycles. The summed E-state index contributed by atoms with van der Waals surface area (Å²) in [4.78, 5) is 14.8. The highest BCUT2D eigenvalue weighted by Crippen LogP contribution is 2.37. The summed E-state index contributed by atoms with van der Waals surface area (Å²) in [5, 5.41) is 12.4. The first-order valence-electron chi connectivity index (χ1n) is 6.90. The van der Waals surface area contributed by atoms with Gasteiger partial charge in [-0.2, -0.15) is 0 Å². The highest BCUT2D eigenvalue weighted by atomic mass is 32.2. The molecule has 1 aromatic rings. The quantitative estimate of drug-likeness (QED) is 0.611. The zero-order valence-electron chi connectivity index (χ0n) is 13.6. The molecule has 22 heavy (non-hydrogen) atoms. The van der Waals surface area contributed by atoms with Crippen LogP contribution >= 0.6 is 11.8 Å². The van der Waals surface area contributed by atoms with Crippen molar-refractivity contribution in [3.63, 3.8) is 0 Å². The Bertz CT molecular complexity index is 559. The van der Waals surface area contributed by atoms with Crippen LogP contribution in [-0.2, 0) is 4.79 Å². The highest BCUT2D eigenvalue weighted by molar-refractivity contribution is 8.07. The number of carbonyl (C=O) groups is 1. The first-order valence-corrected chi connectivity index (χ1v) is 8.13. The molecule has 0 aliphatic carbocycles. The molecule has 0 saturated carbocycles. The van der Waals surface area contributed by atoms with Crippen LogP contribution < -0.4 is 5.32 Å². The van der Waals surface area contributed by atoms with Crippen molar-refractivity contribution >= 4 is 29.8 Å². The molecule has 2 N–H and O–H groups in total. The second-order valence-corrected chi connectivity index (χ2v) is 4.96. The fourth-order valence-corrected chi connectivity index (χ4v) is 2.56. The third kappa shape index (κ3) is 4.59. The van der Waals surface area contributed by atoms with Crippen LogP contribution in [0.2, 0.25) is 0 Å². The van der Waals surface area contributed by atoms with Crippen molar-refractivity contribution in [2.75, 3.05) is 6.26 Å². The first-order chi connectivity index (χ1) is 10.5. The summed E-state index contributed by atoms with van der Waals surface area (Å²) < 4.78 is 14.3. The van der Waals surface area contributed by atoms with Crippen LogP contribution in [0, 0.1) is 5.82 Å². The van der Waals surface area contributed by atoms with Gasteiger partial charge in [0.2, 0.25) is 6.41 Å². The maximum Gasteiger partial charge on any atom is 0.207 e. The fourth-order valence-electron chi connectivity index (χ4n) is 1.82. The number of phenols is 1. The van der Waals surface area contributed by atoms with Crippen LogP contribution in [0.15, 0.2) is 22.8 Å². The SMILES string of the molecule is C=N/C(C)=C(\SC)c1ccc([C@H](C)NC=O)c(O)c1F.CC. The van der Waals surface area contributed by atoms with E-state index in [1.54, 1.807) is 32.2 Å². The van der Waals surface area contributed by atoms with Crippen molar-refractivity contribution in [3.8, 4) is 5.75 Å². The van der Waals surface area contributed by atoms with Crippen LogP contribution in [0.1, 0.15) is 44.9 Å². The summed E-state index contributed by atoms with van der Waals surface area (Å²) in [6.07, 6.45) is 2.31. The molecule has 122 valence electrons. The van der Waals surface area contributed by atoms with E-state index < -0.39 is 17.6 Å². The van der Waals surface area contributed by atoms with Gasteiger partial charge >= 0.3 is 0 Å². The van der Waals surface area contributed by atoms with Crippen molar-refractivity contribution in [3.05, 3.63) is 34.8 Å². The first kappa shape index (κ1) is 20.2. The molecule has 0 fully saturated rings. The third-order valence-corrected chi connectivity index (χ3v) is 3.87. The number of nitrogens with one attached hydrogen (secondary N) is 1. The molecule has 0 aromatic heterocycles. The Labute approximate surface area is 135 Å². The van der Waals surface area contributed by atoms with Gasteiger partial charge in [-0.3, -0.25) is 9.79 Å². The fraction of sp³-hybridized carbons (Fsp3) is 0.375. The maximum atomic E-state index is 14.3. The zero-order valence-corrected chi connectivity index (χ0v) is 14.4. The van der Waals surface area contributed by atoms with E-state index >= 15 is 0 Å². The summed E-state index contributed by atoms with van der Waals surface area (Å²) in [6, 6.07) is 2.67. The van der Waals surface area contributed by atoms with Crippen molar-refractivity contribution < 1.29 is 14.3 Å². The minimum Gasteiger partial charge on any atom is -0.505 e. The number of rotatable bonds is 6. The van der Waals surface area contributed by atoms with Gasteiger partial charge in [-0.15, -0.1) is 11.8 Å². The third-order valence-electron chi connectivity index (χ3n) is 2.95. The van der Waals surface area contributed by atoms with E-state index in [1.165, 1.54) is 11.8 Å². The number of hydrogen-bond acceptors (Lipinski definition) is 4. The van der Waals surface area contributed by atoms with Crippen molar-refractivity contribution in [2.45, 2.75) is 33.7 Å². The lowest BCUT2D eigenvalue weighted by atomic mass is 10.0. The molecule has 1 rings (SSSR count). The molecule has 0 aliphatic rings. The molecule has 0 heterocycles. The minimum absolute atomic E-state index is 0.266. The lowest BCUT2D eigenvalue weighted by Gasteiger charge is -2.16. The van der Waals surface area contributed by atoms with Crippen molar-refractivity contribution in [2.24, 2.45) is 4.99 Å². The van der Waals surface area contributed by atoms with E-state index in [-0.39, 0.29) is 5.56 Å². The lowest BCUT2D eigenvalue weighted by Crippen LogP contribution is -2.16. The Balaban J connectivity index is 0.00000211. The van der Waals surface area contributed by atoms with Gasteiger partial charge in [0.1, 0.15) is 0 Å². The molecule has 4 nitrogen and oxygen atoms in total. The number of nitrogens with zero attached hydrogens (tertiary/aromatic N) is 1. The number of allylic oxidation sites excluding steroid dienone is 1. The molecule has 0 spiro atoms. The van der Waals surface area contributed by atoms with Crippen LogP contribution in [0.25, 0.3) is 4.91 Å². The van der Waals surface area contributed by atoms with Crippen molar-refractivity contribution in [1.82, 2.24) is 5.32 Å². The molecule has 0 bridgehead atoms. The molecule has 6 heteroatoms. The molecule has 1 amide bonds. The van der Waals surface area contributed by atoms with E-state index in [1.807, 2.05) is 13.8 Å². The molecule has 1 aromatic carbocycles. The zero-order chi connectivity index (χ0) is 17.3. The number of aliphatic imine (C=N–C) groups is 1. The minimum atomic E-state index is -0.727. The van der Waals surface area contributed by atoms with Gasteiger partial charge in [-0.25, -0.2) is 4.39 Å². The normalized spacial score (nSPS) is 12.5. The Morgan fingerprint density at radius 1 is 1.50 bits per heavy atom. The van der Waals surface area contributed by atoms with Gasteiger partial charge in [-0.05, 0) is 26.8 Å². The Morgan fingerprint density at radius 2 is 2.09 bits per heavy atom. The van der Waals surface area contributed by atoms with Crippen LogP contribution in [0.4, 0.5) is 4.39 Å². The molecule has 0 unspecified atom stereocenters. The predicted octanol–water partition coefficient (Wildman–Crippen LogP) is 4.12. The second kappa shape index (κ2) is 10.00. The largest absolute Gasteiger partial charge is 0.505 e. The standard InChI is InChI=1S/C14H17FN2O2S.C2H6/c1-8(17-7-18)10-5-6-11(12(15)13(10)19)14(20-4)9(2)16-3;1-2/h5-8,19H,3H2,1-2,4H3,(H,17,18);1-2H3/b14-9-;/t8-;/m0./s1. The van der Waals surface area contributed by atoms with Gasteiger partial charge in [0.05, 0.1) is 11.7 Å². The Kier molecular flexibility index (Phi) is 9.17. The van der Waals surface area contributed by atoms with Gasteiger partial charge in [-0.1, -0.05) is 26.0 Å². The predicted molar refractivity (Wildman–Crippen MR) is 92.7 cm³/mol. The summed E-state index contributed by atoms with van der Waals surface area (Å²) in [5.74, 6) is -1.19. The summed E-state index contributed by atoms with van der Waals surface area (Å²) >= 11 is 1.33. The number of thioether (sulfide) groups is 1. The van der Waals surface area contributed by atoms with E-state index in [4.69, 9.17) is 0 Å². The van der Waals surface area contributed by atoms with Crippen LogP contribution in [0.5, 0.6) is 5.75 Å². The second-order valence-electron chi connectivity index (χ2n) is 4.15. The number of hydrogen-bond donors (Lipinski definition) is 2. The van der Waals surface area contributed by atoms with Gasteiger partial charge < -0.3 is 10.4 Å². The van der Waals surface area contributed by atoms with Gasteiger partial charge in [0, 0.05) is 16.0 Å². The smallest absolute Gasteiger partial charge is 0.207 e. The number of aromatic hydroxyl groups is 1. The number of halogens is 1. The average Bonchev–Trinajstić information content (AvgIpc) is 2.54. The number of benzene rings is 1. The van der Waals surface area contributed by atoms with E-state index in [0.29, 0.717) is 22.6 Å². The van der Waals surface area contributed by atoms with E-state index in [2.05, 4.69) is 17.0 Å².